The fraction of sp³-hybridized carbons (Fsp3) is 0.306. The van der Waals surface area contributed by atoms with Crippen LogP contribution in [0.4, 0.5) is 0 Å². The van der Waals surface area contributed by atoms with E-state index >= 15 is 0 Å². The van der Waals surface area contributed by atoms with Gasteiger partial charge in [0.2, 0.25) is 9.84 Å². The Hall–Kier alpha value is -4.58. The van der Waals surface area contributed by atoms with Crippen molar-refractivity contribution in [3.63, 3.8) is 0 Å². The lowest BCUT2D eigenvalue weighted by molar-refractivity contribution is 0.0703. The maximum absolute atomic E-state index is 14.4. The molecule has 0 radical (unpaired) electrons. The second-order valence-corrected chi connectivity index (χ2v) is 14.3. The number of likely N-dealkylation sites (N-methyl/N-ethyl adjacent to an activating group) is 2. The predicted octanol–water partition coefficient (Wildman–Crippen LogP) is 5.19. The summed E-state index contributed by atoms with van der Waals surface area (Å²) in [6.07, 6.45) is 3.23. The highest BCUT2D eigenvalue weighted by Gasteiger charge is 2.27. The van der Waals surface area contributed by atoms with Gasteiger partial charge in [0.25, 0.3) is 5.91 Å². The van der Waals surface area contributed by atoms with Crippen LogP contribution < -0.4 is 4.74 Å². The number of methoxy groups -OCH3 is 1. The molecule has 1 atom stereocenters. The summed E-state index contributed by atoms with van der Waals surface area (Å²) in [7, 11) is 1.26. The van der Waals surface area contributed by atoms with Gasteiger partial charge >= 0.3 is 0 Å². The van der Waals surface area contributed by atoms with E-state index in [1.54, 1.807) is 39.4 Å². The molecule has 0 aliphatic carbocycles. The molecule has 3 heterocycles. The van der Waals surface area contributed by atoms with Crippen molar-refractivity contribution in [3.8, 4) is 28.0 Å². The van der Waals surface area contributed by atoms with Crippen LogP contribution >= 0.6 is 0 Å². The lowest BCUT2D eigenvalue weighted by Crippen LogP contribution is -2.33. The molecular formula is C36H39N5O5S. The summed E-state index contributed by atoms with van der Waals surface area (Å²) in [4.78, 5) is 29.1. The third-order valence-corrected chi connectivity index (χ3v) is 10.4. The topological polar surface area (TPSA) is 129 Å². The van der Waals surface area contributed by atoms with Gasteiger partial charge < -0.3 is 24.6 Å². The van der Waals surface area contributed by atoms with Crippen LogP contribution in [0.2, 0.25) is 0 Å². The Balaban J connectivity index is 1.41. The molecule has 1 aliphatic heterocycles. The molecule has 5 aromatic rings. The number of aromatic nitrogens is 3. The first-order chi connectivity index (χ1) is 22.4. The molecule has 0 saturated heterocycles. The number of rotatable bonds is 8. The fourth-order valence-electron chi connectivity index (χ4n) is 6.29. The van der Waals surface area contributed by atoms with Gasteiger partial charge in [-0.25, -0.2) is 18.4 Å². The zero-order valence-corrected chi connectivity index (χ0v) is 28.3. The number of carbonyl (C=O) groups is 1. The number of carbonyl (C=O) groups excluding carboxylic acids is 1. The number of aryl methyl sites for hydroxylation is 2. The van der Waals surface area contributed by atoms with Crippen molar-refractivity contribution in [1.29, 1.82) is 0 Å². The van der Waals surface area contributed by atoms with Gasteiger partial charge in [-0.05, 0) is 80.3 Å². The second kappa shape index (κ2) is 12.6. The summed E-state index contributed by atoms with van der Waals surface area (Å²) in [5.74, 6) is 0.545. The average Bonchev–Trinajstić information content (AvgIpc) is 3.47. The number of amides is 1. The first kappa shape index (κ1) is 32.4. The largest absolute Gasteiger partial charge is 0.496 e. The molecule has 244 valence electrons. The number of nitrogens with one attached hydrogen (secondary N) is 1. The van der Waals surface area contributed by atoms with Crippen molar-refractivity contribution >= 4 is 26.9 Å². The first-order valence-electron chi connectivity index (χ1n) is 15.5. The number of aliphatic hydroxyl groups is 1. The quantitative estimate of drug-likeness (QED) is 0.234. The summed E-state index contributed by atoms with van der Waals surface area (Å²) in [6, 6.07) is 14.8. The third-order valence-electron chi connectivity index (χ3n) is 8.74. The van der Waals surface area contributed by atoms with Gasteiger partial charge in [-0.1, -0.05) is 30.3 Å². The molecule has 2 N–H and O–H groups in total. The van der Waals surface area contributed by atoms with E-state index in [0.29, 0.717) is 27.9 Å². The van der Waals surface area contributed by atoms with Crippen LogP contribution in [0, 0.1) is 13.8 Å². The molecule has 3 aromatic carbocycles. The average molecular weight is 654 g/mol. The number of benzene rings is 3. The maximum atomic E-state index is 14.4. The lowest BCUT2D eigenvalue weighted by Gasteiger charge is -2.27. The molecule has 6 rings (SSSR count). The number of nitrogens with zero attached hydrogens (tertiary/aromatic N) is 4. The highest BCUT2D eigenvalue weighted by molar-refractivity contribution is 7.91. The van der Waals surface area contributed by atoms with Crippen LogP contribution in [0.15, 0.2) is 70.8 Å². The van der Waals surface area contributed by atoms with Crippen LogP contribution in [0.5, 0.6) is 5.75 Å². The molecule has 0 fully saturated rings. The standard InChI is InChI=1S/C36H39N5O5S/c1-21-7-9-28(26-15-25-11-12-40(4)20-30(25)31(16-26)46-6)32(13-21)47(44,45)33-18-38-35-34(39-33)29(17-37-35)24-8-10-27(22(2)14-24)36(43)41(5)19-23(3)42/h7-10,13-18,23,42H,11-12,19-20H2,1-6H3,(H,37,38)/t23-/m0/s1. The summed E-state index contributed by atoms with van der Waals surface area (Å²) < 4.78 is 34.5. The molecule has 0 saturated carbocycles. The molecule has 11 heteroatoms. The number of aliphatic hydroxyl groups excluding tert-OH is 1. The minimum absolute atomic E-state index is 0.151. The number of hydrogen-bond donors (Lipinski definition) is 2. The predicted molar refractivity (Wildman–Crippen MR) is 181 cm³/mol. The monoisotopic (exact) mass is 653 g/mol. The van der Waals surface area contributed by atoms with Crippen molar-refractivity contribution < 1.29 is 23.1 Å². The van der Waals surface area contributed by atoms with Crippen LogP contribution in [0.3, 0.4) is 0 Å². The Kier molecular flexibility index (Phi) is 8.64. The van der Waals surface area contributed by atoms with Crippen LogP contribution in [-0.2, 0) is 22.8 Å². The molecular weight excluding hydrogens is 614 g/mol. The maximum Gasteiger partial charge on any atom is 0.253 e. The number of ether oxygens (including phenoxy) is 1. The Labute approximate surface area is 275 Å². The van der Waals surface area contributed by atoms with Gasteiger partial charge in [0.1, 0.15) is 11.3 Å². The number of aromatic amines is 1. The molecule has 1 amide bonds. The number of hydrogen-bond acceptors (Lipinski definition) is 8. The lowest BCUT2D eigenvalue weighted by atomic mass is 9.93. The number of H-pyrrole nitrogens is 1. The van der Waals surface area contributed by atoms with E-state index in [4.69, 9.17) is 4.74 Å². The van der Waals surface area contributed by atoms with Gasteiger partial charge in [0.05, 0.1) is 24.3 Å². The van der Waals surface area contributed by atoms with E-state index in [1.165, 1.54) is 11.1 Å². The molecule has 0 unspecified atom stereocenters. The Morgan fingerprint density at radius 2 is 1.89 bits per heavy atom. The van der Waals surface area contributed by atoms with Crippen molar-refractivity contribution in [2.45, 2.75) is 49.8 Å². The third kappa shape index (κ3) is 6.14. The SMILES string of the molecule is COc1cc(-c2ccc(C)cc2S(=O)(=O)c2cnc3[nH]cc(-c4ccc(C(=O)N(C)C[C@H](C)O)c(C)c4)c3n2)cc2c1CN(C)CC2. The van der Waals surface area contributed by atoms with Gasteiger partial charge in [0.15, 0.2) is 10.7 Å². The summed E-state index contributed by atoms with van der Waals surface area (Å²) in [5, 5.41) is 9.55. The van der Waals surface area contributed by atoms with Crippen molar-refractivity contribution in [2.75, 3.05) is 34.3 Å². The Bertz CT molecular complexity index is 2110. The van der Waals surface area contributed by atoms with E-state index < -0.39 is 15.9 Å². The summed E-state index contributed by atoms with van der Waals surface area (Å²) >= 11 is 0. The molecule has 47 heavy (non-hydrogen) atoms. The number of sulfone groups is 1. The summed E-state index contributed by atoms with van der Waals surface area (Å²) in [5.41, 5.74) is 7.96. The zero-order chi connectivity index (χ0) is 33.6. The Morgan fingerprint density at radius 3 is 2.62 bits per heavy atom. The molecule has 10 nitrogen and oxygen atoms in total. The Morgan fingerprint density at radius 1 is 1.11 bits per heavy atom. The van der Waals surface area contributed by atoms with Gasteiger partial charge in [0, 0.05) is 55.1 Å². The van der Waals surface area contributed by atoms with E-state index in [1.807, 2.05) is 44.2 Å². The molecule has 2 aromatic heterocycles. The molecule has 0 spiro atoms. The first-order valence-corrected chi connectivity index (χ1v) is 17.0. The number of fused-ring (bicyclic) bond motifs is 2. The minimum atomic E-state index is -4.11. The van der Waals surface area contributed by atoms with Crippen molar-refractivity contribution in [1.82, 2.24) is 24.8 Å². The molecule has 0 bridgehead atoms. The highest BCUT2D eigenvalue weighted by atomic mass is 32.2. The van der Waals surface area contributed by atoms with Crippen LogP contribution in [0.25, 0.3) is 33.4 Å². The van der Waals surface area contributed by atoms with Gasteiger partial charge in [-0.3, -0.25) is 4.79 Å². The van der Waals surface area contributed by atoms with Crippen LogP contribution in [0.1, 0.15) is 39.5 Å². The van der Waals surface area contributed by atoms with Gasteiger partial charge in [-0.15, -0.1) is 0 Å². The van der Waals surface area contributed by atoms with Gasteiger partial charge in [-0.2, -0.15) is 0 Å². The van der Waals surface area contributed by atoms with E-state index in [-0.39, 0.29) is 22.4 Å². The smallest absolute Gasteiger partial charge is 0.253 e. The van der Waals surface area contributed by atoms with Crippen molar-refractivity contribution in [2.24, 2.45) is 0 Å². The summed E-state index contributed by atoms with van der Waals surface area (Å²) in [6.45, 7) is 7.24. The molecule has 1 aliphatic rings. The van der Waals surface area contributed by atoms with Crippen molar-refractivity contribution in [3.05, 3.63) is 88.7 Å². The zero-order valence-electron chi connectivity index (χ0n) is 27.5. The minimum Gasteiger partial charge on any atom is -0.496 e. The normalized spacial score (nSPS) is 14.2. The van der Waals surface area contributed by atoms with E-state index in [9.17, 15) is 18.3 Å². The second-order valence-electron chi connectivity index (χ2n) is 12.5. The van der Waals surface area contributed by atoms with E-state index in [2.05, 4.69) is 33.0 Å². The van der Waals surface area contributed by atoms with E-state index in [0.717, 1.165) is 58.6 Å². The van der Waals surface area contributed by atoms with Crippen LogP contribution in [-0.4, -0.2) is 84.6 Å². The fourth-order valence-corrected chi connectivity index (χ4v) is 7.73. The highest BCUT2D eigenvalue weighted by Crippen LogP contribution is 2.38.